The number of nitrogens with zero attached hydrogens (tertiary/aromatic N) is 1. The van der Waals surface area contributed by atoms with E-state index in [0.717, 1.165) is 19.5 Å². The van der Waals surface area contributed by atoms with Crippen LogP contribution in [0.5, 0.6) is 0 Å². The van der Waals surface area contributed by atoms with Crippen molar-refractivity contribution in [3.05, 3.63) is 65.2 Å². The van der Waals surface area contributed by atoms with E-state index < -0.39 is 0 Å². The Labute approximate surface area is 103 Å². The fraction of sp³-hybridized carbons (Fsp3) is 0.250. The minimum Gasteiger partial charge on any atom is -0.367 e. The predicted octanol–water partition coefficient (Wildman–Crippen LogP) is 3.56. The third-order valence-corrected chi connectivity index (χ3v) is 3.50. The summed E-state index contributed by atoms with van der Waals surface area (Å²) in [4.78, 5) is 2.46. The molecule has 3 rings (SSSR count). The van der Waals surface area contributed by atoms with Gasteiger partial charge in [-0.05, 0) is 36.6 Å². The Morgan fingerprint density at radius 2 is 1.76 bits per heavy atom. The summed E-state index contributed by atoms with van der Waals surface area (Å²) in [5.41, 5.74) is 5.70. The van der Waals surface area contributed by atoms with E-state index in [9.17, 15) is 0 Å². The van der Waals surface area contributed by atoms with Crippen molar-refractivity contribution in [1.82, 2.24) is 0 Å². The predicted molar refractivity (Wildman–Crippen MR) is 72.4 cm³/mol. The Kier molecular flexibility index (Phi) is 2.60. The highest BCUT2D eigenvalue weighted by atomic mass is 15.1. The van der Waals surface area contributed by atoms with E-state index in [4.69, 9.17) is 0 Å². The zero-order chi connectivity index (χ0) is 11.7. The van der Waals surface area contributed by atoms with Crippen molar-refractivity contribution in [1.29, 1.82) is 0 Å². The lowest BCUT2D eigenvalue weighted by molar-refractivity contribution is 0.731. The molecule has 0 bridgehead atoms. The summed E-state index contributed by atoms with van der Waals surface area (Å²) in [6.45, 7) is 4.34. The fourth-order valence-corrected chi connectivity index (χ4v) is 2.55. The molecule has 2 aromatic rings. The third kappa shape index (κ3) is 2.05. The molecule has 0 fully saturated rings. The average molecular weight is 223 g/mol. The van der Waals surface area contributed by atoms with Gasteiger partial charge in [0.05, 0.1) is 0 Å². The first-order valence-corrected chi connectivity index (χ1v) is 6.21. The van der Waals surface area contributed by atoms with Crippen molar-refractivity contribution in [2.24, 2.45) is 0 Å². The van der Waals surface area contributed by atoms with E-state index in [1.807, 2.05) is 0 Å². The molecule has 0 spiro atoms. The first-order chi connectivity index (χ1) is 8.33. The number of hydrogen-bond acceptors (Lipinski definition) is 1. The zero-order valence-electron chi connectivity index (χ0n) is 10.2. The molecule has 17 heavy (non-hydrogen) atoms. The fourth-order valence-electron chi connectivity index (χ4n) is 2.55. The Morgan fingerprint density at radius 3 is 2.59 bits per heavy atom. The Morgan fingerprint density at radius 1 is 0.941 bits per heavy atom. The summed E-state index contributed by atoms with van der Waals surface area (Å²) >= 11 is 0. The maximum Gasteiger partial charge on any atom is 0.0432 e. The van der Waals surface area contributed by atoms with E-state index in [1.165, 1.54) is 22.4 Å². The molecule has 1 aliphatic heterocycles. The second-order valence-electron chi connectivity index (χ2n) is 4.78. The average Bonchev–Trinajstić information content (AvgIpc) is 2.39. The molecule has 0 saturated carbocycles. The van der Waals surface area contributed by atoms with Crippen molar-refractivity contribution >= 4 is 5.69 Å². The van der Waals surface area contributed by atoms with Crippen molar-refractivity contribution in [3.8, 4) is 0 Å². The Balaban J connectivity index is 1.90. The summed E-state index contributed by atoms with van der Waals surface area (Å²) in [5, 5.41) is 0. The third-order valence-electron chi connectivity index (χ3n) is 3.50. The lowest BCUT2D eigenvalue weighted by atomic mass is 9.97. The van der Waals surface area contributed by atoms with E-state index in [0.29, 0.717) is 0 Å². The van der Waals surface area contributed by atoms with Gasteiger partial charge in [-0.15, -0.1) is 0 Å². The molecule has 0 atom stereocenters. The summed E-state index contributed by atoms with van der Waals surface area (Å²) < 4.78 is 0. The highest BCUT2D eigenvalue weighted by molar-refractivity contribution is 5.49. The smallest absolute Gasteiger partial charge is 0.0432 e. The molecular formula is C16H17N. The van der Waals surface area contributed by atoms with E-state index in [1.54, 1.807) is 0 Å². The maximum atomic E-state index is 2.46. The van der Waals surface area contributed by atoms with Gasteiger partial charge in [-0.1, -0.05) is 42.0 Å². The van der Waals surface area contributed by atoms with E-state index in [2.05, 4.69) is 60.4 Å². The van der Waals surface area contributed by atoms with Crippen molar-refractivity contribution in [2.75, 3.05) is 11.4 Å². The van der Waals surface area contributed by atoms with Gasteiger partial charge in [-0.2, -0.15) is 0 Å². The number of hydrogen-bond donors (Lipinski definition) is 0. The van der Waals surface area contributed by atoms with Crippen LogP contribution in [0, 0.1) is 6.92 Å². The van der Waals surface area contributed by atoms with Gasteiger partial charge in [-0.3, -0.25) is 0 Å². The number of rotatable bonds is 1. The van der Waals surface area contributed by atoms with Crippen LogP contribution in [-0.2, 0) is 13.0 Å². The highest BCUT2D eigenvalue weighted by Gasteiger charge is 2.15. The lowest BCUT2D eigenvalue weighted by Crippen LogP contribution is -2.30. The van der Waals surface area contributed by atoms with Crippen LogP contribution in [-0.4, -0.2) is 6.54 Å². The van der Waals surface area contributed by atoms with Crippen LogP contribution in [0.15, 0.2) is 48.5 Å². The van der Waals surface area contributed by atoms with E-state index in [-0.39, 0.29) is 0 Å². The molecule has 0 aromatic heterocycles. The zero-order valence-corrected chi connectivity index (χ0v) is 10.2. The van der Waals surface area contributed by atoms with Crippen molar-refractivity contribution in [2.45, 2.75) is 19.9 Å². The van der Waals surface area contributed by atoms with Crippen LogP contribution in [0.25, 0.3) is 0 Å². The number of aryl methyl sites for hydroxylation is 1. The SMILES string of the molecule is Cc1ccc2c(c1)CN(c1ccccc1)CC2. The molecule has 0 unspecified atom stereocenters. The van der Waals surface area contributed by atoms with Crippen LogP contribution in [0.3, 0.4) is 0 Å². The van der Waals surface area contributed by atoms with Gasteiger partial charge < -0.3 is 4.90 Å². The molecule has 0 radical (unpaired) electrons. The summed E-state index contributed by atoms with van der Waals surface area (Å²) in [6, 6.07) is 17.5. The van der Waals surface area contributed by atoms with Gasteiger partial charge in [0, 0.05) is 18.8 Å². The molecular weight excluding hydrogens is 206 g/mol. The van der Waals surface area contributed by atoms with Gasteiger partial charge in [0.25, 0.3) is 0 Å². The largest absolute Gasteiger partial charge is 0.367 e. The Bertz CT molecular complexity index is 516. The number of fused-ring (bicyclic) bond motifs is 1. The van der Waals surface area contributed by atoms with Crippen LogP contribution >= 0.6 is 0 Å². The number of para-hydroxylation sites is 1. The first-order valence-electron chi connectivity index (χ1n) is 6.21. The van der Waals surface area contributed by atoms with Crippen LogP contribution < -0.4 is 4.90 Å². The van der Waals surface area contributed by atoms with Crippen LogP contribution in [0.1, 0.15) is 16.7 Å². The molecule has 0 amide bonds. The minimum absolute atomic E-state index is 1.04. The van der Waals surface area contributed by atoms with Crippen molar-refractivity contribution < 1.29 is 0 Å². The van der Waals surface area contributed by atoms with E-state index >= 15 is 0 Å². The topological polar surface area (TPSA) is 3.24 Å². The van der Waals surface area contributed by atoms with Gasteiger partial charge in [0.1, 0.15) is 0 Å². The standard InChI is InChI=1S/C16H17N/c1-13-7-8-14-9-10-17(12-15(14)11-13)16-5-3-2-4-6-16/h2-8,11H,9-10,12H2,1H3. The second-order valence-corrected chi connectivity index (χ2v) is 4.78. The maximum absolute atomic E-state index is 2.46. The van der Waals surface area contributed by atoms with Gasteiger partial charge in [0.2, 0.25) is 0 Å². The molecule has 1 heteroatoms. The molecule has 0 saturated heterocycles. The van der Waals surface area contributed by atoms with Crippen molar-refractivity contribution in [3.63, 3.8) is 0 Å². The first kappa shape index (κ1) is 10.4. The molecule has 86 valence electrons. The second kappa shape index (κ2) is 4.25. The monoisotopic (exact) mass is 223 g/mol. The molecule has 1 heterocycles. The van der Waals surface area contributed by atoms with Crippen LogP contribution in [0.4, 0.5) is 5.69 Å². The highest BCUT2D eigenvalue weighted by Crippen LogP contribution is 2.24. The quantitative estimate of drug-likeness (QED) is 0.714. The number of benzene rings is 2. The molecule has 1 nitrogen and oxygen atoms in total. The molecule has 2 aromatic carbocycles. The normalized spacial score (nSPS) is 14.5. The summed E-state index contributed by atoms with van der Waals surface area (Å²) in [6.07, 6.45) is 1.16. The summed E-state index contributed by atoms with van der Waals surface area (Å²) in [7, 11) is 0. The van der Waals surface area contributed by atoms with Gasteiger partial charge >= 0.3 is 0 Å². The molecule has 0 N–H and O–H groups in total. The van der Waals surface area contributed by atoms with Gasteiger partial charge in [0.15, 0.2) is 0 Å². The number of anilines is 1. The van der Waals surface area contributed by atoms with Crippen LogP contribution in [0.2, 0.25) is 0 Å². The molecule has 1 aliphatic rings. The summed E-state index contributed by atoms with van der Waals surface area (Å²) in [5.74, 6) is 0. The molecule has 0 aliphatic carbocycles. The minimum atomic E-state index is 1.04. The Hall–Kier alpha value is -1.76. The lowest BCUT2D eigenvalue weighted by Gasteiger charge is -2.31. The van der Waals surface area contributed by atoms with Gasteiger partial charge in [-0.25, -0.2) is 0 Å².